The average Bonchev–Trinajstić information content (AvgIpc) is 2.86. The third-order valence-corrected chi connectivity index (χ3v) is 3.38. The second-order valence-electron chi connectivity index (χ2n) is 4.70. The Hall–Kier alpha value is -2.36. The molecule has 0 aliphatic heterocycles. The molecule has 3 rings (SSSR count). The van der Waals surface area contributed by atoms with Gasteiger partial charge in [-0.1, -0.05) is 6.07 Å². The maximum atomic E-state index is 10.9. The summed E-state index contributed by atoms with van der Waals surface area (Å²) in [4.78, 5) is 15.0. The Kier molecular flexibility index (Phi) is 2.91. The molecule has 2 aromatic rings. The first-order valence-corrected chi connectivity index (χ1v) is 6.30. The molecule has 1 aromatic carbocycles. The van der Waals surface area contributed by atoms with Crippen molar-refractivity contribution in [1.29, 1.82) is 0 Å². The first kappa shape index (κ1) is 11.7. The minimum atomic E-state index is -0.945. The Morgan fingerprint density at radius 2 is 2.00 bits per heavy atom. The molecule has 4 nitrogen and oxygen atoms in total. The zero-order valence-corrected chi connectivity index (χ0v) is 10.4. The number of rotatable bonds is 3. The van der Waals surface area contributed by atoms with Crippen molar-refractivity contribution in [1.82, 2.24) is 4.98 Å². The second-order valence-corrected chi connectivity index (χ2v) is 4.70. The van der Waals surface area contributed by atoms with Gasteiger partial charge < -0.3 is 10.4 Å². The Morgan fingerprint density at radius 1 is 1.16 bits per heavy atom. The van der Waals surface area contributed by atoms with E-state index < -0.39 is 5.97 Å². The molecule has 1 aliphatic carbocycles. The van der Waals surface area contributed by atoms with Crippen LogP contribution in [0.15, 0.2) is 36.5 Å². The van der Waals surface area contributed by atoms with Crippen molar-refractivity contribution in [3.05, 3.63) is 53.2 Å². The Balaban J connectivity index is 1.85. The molecule has 4 heteroatoms. The minimum Gasteiger partial charge on any atom is -0.478 e. The molecular weight excluding hydrogens is 240 g/mol. The van der Waals surface area contributed by atoms with Gasteiger partial charge in [0.05, 0.1) is 5.56 Å². The van der Waals surface area contributed by atoms with E-state index in [-0.39, 0.29) is 5.56 Å². The van der Waals surface area contributed by atoms with E-state index in [2.05, 4.69) is 22.4 Å². The van der Waals surface area contributed by atoms with Crippen molar-refractivity contribution >= 4 is 17.5 Å². The van der Waals surface area contributed by atoms with Crippen LogP contribution in [0.2, 0.25) is 0 Å². The maximum absolute atomic E-state index is 10.9. The number of nitrogens with zero attached hydrogens (tertiary/aromatic N) is 1. The highest BCUT2D eigenvalue weighted by molar-refractivity contribution is 5.88. The van der Waals surface area contributed by atoms with Crippen molar-refractivity contribution in [3.63, 3.8) is 0 Å². The van der Waals surface area contributed by atoms with Gasteiger partial charge in [0.1, 0.15) is 5.82 Å². The third-order valence-electron chi connectivity index (χ3n) is 3.38. The first-order chi connectivity index (χ1) is 9.22. The monoisotopic (exact) mass is 254 g/mol. The van der Waals surface area contributed by atoms with Gasteiger partial charge in [-0.25, -0.2) is 9.78 Å². The number of carbonyl (C=O) groups is 1. The molecule has 0 fully saturated rings. The number of pyridine rings is 1. The SMILES string of the molecule is O=C(O)c1ccnc(Nc2ccc3c(c2)CCC3)c1. The van der Waals surface area contributed by atoms with Gasteiger partial charge in [0.25, 0.3) is 0 Å². The first-order valence-electron chi connectivity index (χ1n) is 6.30. The molecule has 0 saturated carbocycles. The van der Waals surface area contributed by atoms with E-state index in [1.165, 1.54) is 35.9 Å². The van der Waals surface area contributed by atoms with Gasteiger partial charge in [-0.3, -0.25) is 0 Å². The van der Waals surface area contributed by atoms with Crippen LogP contribution in [0.4, 0.5) is 11.5 Å². The van der Waals surface area contributed by atoms with Gasteiger partial charge in [-0.2, -0.15) is 0 Å². The smallest absolute Gasteiger partial charge is 0.335 e. The molecule has 0 radical (unpaired) electrons. The van der Waals surface area contributed by atoms with Crippen molar-refractivity contribution in [3.8, 4) is 0 Å². The number of carboxylic acids is 1. The van der Waals surface area contributed by atoms with E-state index in [0.717, 1.165) is 18.5 Å². The van der Waals surface area contributed by atoms with Crippen molar-refractivity contribution in [2.75, 3.05) is 5.32 Å². The zero-order chi connectivity index (χ0) is 13.2. The molecule has 0 saturated heterocycles. The van der Waals surface area contributed by atoms with Gasteiger partial charge in [0, 0.05) is 11.9 Å². The summed E-state index contributed by atoms with van der Waals surface area (Å²) in [6.45, 7) is 0. The second kappa shape index (κ2) is 4.72. The maximum Gasteiger partial charge on any atom is 0.335 e. The number of carboxylic acid groups (broad SMARTS) is 1. The summed E-state index contributed by atoms with van der Waals surface area (Å²) in [5.41, 5.74) is 3.98. The lowest BCUT2D eigenvalue weighted by Gasteiger charge is -2.08. The number of aromatic carboxylic acids is 1. The predicted molar refractivity (Wildman–Crippen MR) is 72.9 cm³/mol. The van der Waals surface area contributed by atoms with Crippen LogP contribution >= 0.6 is 0 Å². The highest BCUT2D eigenvalue weighted by Crippen LogP contribution is 2.26. The van der Waals surface area contributed by atoms with E-state index >= 15 is 0 Å². The summed E-state index contributed by atoms with van der Waals surface area (Å²) in [7, 11) is 0. The molecule has 0 atom stereocenters. The van der Waals surface area contributed by atoms with Crippen LogP contribution in [-0.4, -0.2) is 16.1 Å². The van der Waals surface area contributed by atoms with Crippen LogP contribution in [0, 0.1) is 0 Å². The minimum absolute atomic E-state index is 0.235. The van der Waals surface area contributed by atoms with Gasteiger partial charge in [-0.15, -0.1) is 0 Å². The number of anilines is 2. The van der Waals surface area contributed by atoms with E-state index in [0.29, 0.717) is 5.82 Å². The van der Waals surface area contributed by atoms with Crippen LogP contribution in [-0.2, 0) is 12.8 Å². The quantitative estimate of drug-likeness (QED) is 0.883. The topological polar surface area (TPSA) is 62.2 Å². The summed E-state index contributed by atoms with van der Waals surface area (Å²) < 4.78 is 0. The van der Waals surface area contributed by atoms with Crippen LogP contribution in [0.5, 0.6) is 0 Å². The van der Waals surface area contributed by atoms with Gasteiger partial charge in [0.2, 0.25) is 0 Å². The lowest BCUT2D eigenvalue weighted by molar-refractivity contribution is 0.0697. The zero-order valence-electron chi connectivity index (χ0n) is 10.4. The fourth-order valence-corrected chi connectivity index (χ4v) is 2.43. The summed E-state index contributed by atoms with van der Waals surface area (Å²) >= 11 is 0. The Morgan fingerprint density at radius 3 is 2.84 bits per heavy atom. The third kappa shape index (κ3) is 2.42. The largest absolute Gasteiger partial charge is 0.478 e. The van der Waals surface area contributed by atoms with Crippen molar-refractivity contribution < 1.29 is 9.90 Å². The summed E-state index contributed by atoms with van der Waals surface area (Å²) in [6.07, 6.45) is 4.99. The number of hydrogen-bond acceptors (Lipinski definition) is 3. The Labute approximate surface area is 111 Å². The van der Waals surface area contributed by atoms with Gasteiger partial charge >= 0.3 is 5.97 Å². The van der Waals surface area contributed by atoms with Crippen LogP contribution in [0.3, 0.4) is 0 Å². The van der Waals surface area contributed by atoms with E-state index in [1.54, 1.807) is 0 Å². The molecule has 1 aliphatic rings. The molecule has 96 valence electrons. The number of aryl methyl sites for hydroxylation is 2. The molecule has 1 aromatic heterocycles. The predicted octanol–water partition coefficient (Wildman–Crippen LogP) is 3.01. The van der Waals surface area contributed by atoms with Crippen LogP contribution in [0.25, 0.3) is 0 Å². The fourth-order valence-electron chi connectivity index (χ4n) is 2.43. The molecule has 19 heavy (non-hydrogen) atoms. The summed E-state index contributed by atoms with van der Waals surface area (Å²) in [5.74, 6) is -0.391. The number of fused-ring (bicyclic) bond motifs is 1. The lowest BCUT2D eigenvalue weighted by Crippen LogP contribution is -2.00. The number of benzene rings is 1. The van der Waals surface area contributed by atoms with Gasteiger partial charge in [-0.05, 0) is 54.7 Å². The average molecular weight is 254 g/mol. The number of hydrogen-bond donors (Lipinski definition) is 2. The molecule has 0 bridgehead atoms. The van der Waals surface area contributed by atoms with E-state index in [4.69, 9.17) is 5.11 Å². The van der Waals surface area contributed by atoms with Crippen molar-refractivity contribution in [2.45, 2.75) is 19.3 Å². The highest BCUT2D eigenvalue weighted by atomic mass is 16.4. The normalized spacial score (nSPS) is 13.1. The van der Waals surface area contributed by atoms with Crippen LogP contribution < -0.4 is 5.32 Å². The summed E-state index contributed by atoms with van der Waals surface area (Å²) in [5, 5.41) is 12.1. The standard InChI is InChI=1S/C15H14N2O2/c18-15(19)12-6-7-16-14(9-12)17-13-5-4-10-2-1-3-11(10)8-13/h4-9H,1-3H2,(H,16,17)(H,18,19). The lowest BCUT2D eigenvalue weighted by atomic mass is 10.1. The van der Waals surface area contributed by atoms with Crippen LogP contribution in [0.1, 0.15) is 27.9 Å². The van der Waals surface area contributed by atoms with Crippen molar-refractivity contribution in [2.24, 2.45) is 0 Å². The molecule has 0 spiro atoms. The molecule has 0 amide bonds. The van der Waals surface area contributed by atoms with E-state index in [1.807, 2.05) is 6.07 Å². The fraction of sp³-hybridized carbons (Fsp3) is 0.200. The highest BCUT2D eigenvalue weighted by Gasteiger charge is 2.11. The number of aromatic nitrogens is 1. The number of nitrogens with one attached hydrogen (secondary N) is 1. The molecule has 1 heterocycles. The Bertz CT molecular complexity index is 638. The molecule has 0 unspecified atom stereocenters. The van der Waals surface area contributed by atoms with Gasteiger partial charge in [0.15, 0.2) is 0 Å². The molecular formula is C15H14N2O2. The summed E-state index contributed by atoms with van der Waals surface area (Å²) in [6, 6.07) is 9.29. The van der Waals surface area contributed by atoms with E-state index in [9.17, 15) is 4.79 Å². The molecule has 2 N–H and O–H groups in total.